The topological polar surface area (TPSA) is 60.5 Å². The normalized spacial score (nSPS) is 23.4. The van der Waals surface area contributed by atoms with Gasteiger partial charge in [0, 0.05) is 0 Å². The number of nitrogens with one attached hydrogen (secondary N) is 1. The summed E-state index contributed by atoms with van der Waals surface area (Å²) in [7, 11) is 0. The summed E-state index contributed by atoms with van der Waals surface area (Å²) in [4.78, 5) is 15.8. The van der Waals surface area contributed by atoms with Crippen molar-refractivity contribution in [1.82, 2.24) is 10.3 Å². The van der Waals surface area contributed by atoms with E-state index >= 15 is 0 Å². The van der Waals surface area contributed by atoms with Gasteiger partial charge in [-0.15, -0.1) is 11.3 Å². The lowest BCUT2D eigenvalue weighted by Gasteiger charge is -2.28. The molecule has 106 valence electrons. The fourth-order valence-corrected chi connectivity index (χ4v) is 3.22. The van der Waals surface area contributed by atoms with Crippen LogP contribution in [-0.4, -0.2) is 29.8 Å². The van der Waals surface area contributed by atoms with Crippen molar-refractivity contribution in [1.29, 1.82) is 0 Å². The maximum Gasteiger partial charge on any atom is 0.407 e. The zero-order valence-corrected chi connectivity index (χ0v) is 13.3. The molecule has 2 heterocycles. The van der Waals surface area contributed by atoms with Gasteiger partial charge in [-0.2, -0.15) is 0 Å². The van der Waals surface area contributed by atoms with Crippen molar-refractivity contribution in [3.8, 4) is 0 Å². The van der Waals surface area contributed by atoms with Crippen LogP contribution in [0, 0.1) is 0 Å². The van der Waals surface area contributed by atoms with Crippen molar-refractivity contribution in [2.24, 2.45) is 0 Å². The molecule has 1 aliphatic heterocycles. The van der Waals surface area contributed by atoms with Crippen LogP contribution in [0.3, 0.4) is 0 Å². The Kier molecular flexibility index (Phi) is 5.18. The average molecular weight is 349 g/mol. The monoisotopic (exact) mass is 348 g/mol. The van der Waals surface area contributed by atoms with E-state index in [0.29, 0.717) is 6.61 Å². The van der Waals surface area contributed by atoms with E-state index in [0.717, 1.165) is 21.6 Å². The van der Waals surface area contributed by atoms with Gasteiger partial charge in [-0.25, -0.2) is 9.78 Å². The van der Waals surface area contributed by atoms with E-state index in [9.17, 15) is 4.79 Å². The Morgan fingerprint density at radius 2 is 2.42 bits per heavy atom. The average Bonchev–Trinajstić information content (AvgIpc) is 2.75. The minimum atomic E-state index is -0.376. The number of hydrogen-bond acceptors (Lipinski definition) is 5. The fraction of sp³-hybridized carbons (Fsp3) is 0.667. The molecule has 2 atom stereocenters. The van der Waals surface area contributed by atoms with E-state index in [2.05, 4.69) is 26.2 Å². The van der Waals surface area contributed by atoms with Gasteiger partial charge in [-0.1, -0.05) is 0 Å². The van der Waals surface area contributed by atoms with Gasteiger partial charge >= 0.3 is 6.09 Å². The van der Waals surface area contributed by atoms with Crippen molar-refractivity contribution in [2.45, 2.75) is 44.9 Å². The van der Waals surface area contributed by atoms with Crippen molar-refractivity contribution >= 4 is 33.4 Å². The summed E-state index contributed by atoms with van der Waals surface area (Å²) in [6.07, 6.45) is 3.06. The molecule has 5 nitrogen and oxygen atoms in total. The van der Waals surface area contributed by atoms with Crippen LogP contribution in [0.2, 0.25) is 0 Å². The van der Waals surface area contributed by atoms with Crippen LogP contribution >= 0.6 is 27.3 Å². The summed E-state index contributed by atoms with van der Waals surface area (Å²) >= 11 is 4.98. The van der Waals surface area contributed by atoms with Gasteiger partial charge in [-0.05, 0) is 42.6 Å². The van der Waals surface area contributed by atoms with Crippen LogP contribution in [0.1, 0.15) is 37.8 Å². The number of nitrogens with zero attached hydrogens (tertiary/aromatic N) is 1. The van der Waals surface area contributed by atoms with Gasteiger partial charge in [0.25, 0.3) is 0 Å². The van der Waals surface area contributed by atoms with Crippen molar-refractivity contribution in [2.75, 3.05) is 6.61 Å². The van der Waals surface area contributed by atoms with E-state index in [-0.39, 0.29) is 24.3 Å². The second-order valence-corrected chi connectivity index (χ2v) is 7.14. The third-order valence-electron chi connectivity index (χ3n) is 2.71. The van der Waals surface area contributed by atoms with Crippen molar-refractivity contribution in [3.63, 3.8) is 0 Å². The molecule has 19 heavy (non-hydrogen) atoms. The Balaban J connectivity index is 1.78. The molecule has 1 aromatic rings. The van der Waals surface area contributed by atoms with Crippen molar-refractivity contribution in [3.05, 3.63) is 15.0 Å². The maximum absolute atomic E-state index is 11.5. The molecule has 0 radical (unpaired) electrons. The van der Waals surface area contributed by atoms with Crippen LogP contribution in [0.25, 0.3) is 0 Å². The molecule has 0 spiro atoms. The Morgan fingerprint density at radius 3 is 2.95 bits per heavy atom. The second kappa shape index (κ2) is 6.67. The molecule has 1 saturated heterocycles. The number of hydrogen-bond donors (Lipinski definition) is 1. The number of carbonyl (C=O) groups excluding carboxylic acids is 1. The first-order valence-electron chi connectivity index (χ1n) is 6.24. The van der Waals surface area contributed by atoms with Gasteiger partial charge in [0.2, 0.25) is 0 Å². The van der Waals surface area contributed by atoms with E-state index in [1.165, 1.54) is 0 Å². The number of carbonyl (C=O) groups is 1. The highest BCUT2D eigenvalue weighted by Crippen LogP contribution is 2.32. The lowest BCUT2D eigenvalue weighted by atomic mass is 10.1. The van der Waals surface area contributed by atoms with Gasteiger partial charge in [0.1, 0.15) is 11.1 Å². The number of halogens is 1. The molecule has 1 fully saturated rings. The lowest BCUT2D eigenvalue weighted by molar-refractivity contribution is -0.00533. The van der Waals surface area contributed by atoms with Gasteiger partial charge in [0.05, 0.1) is 28.7 Å². The highest BCUT2D eigenvalue weighted by molar-refractivity contribution is 9.11. The number of amides is 1. The Hall–Kier alpha value is -0.660. The summed E-state index contributed by atoms with van der Waals surface area (Å²) in [5.41, 5.74) is 0. The number of ether oxygens (including phenoxy) is 2. The first-order chi connectivity index (χ1) is 9.04. The molecule has 1 N–H and O–H groups in total. The van der Waals surface area contributed by atoms with Crippen LogP contribution < -0.4 is 5.32 Å². The number of alkyl carbamates (subject to hydrolysis) is 1. The zero-order valence-electron chi connectivity index (χ0n) is 10.9. The van der Waals surface area contributed by atoms with Crippen LogP contribution in [-0.2, 0) is 9.47 Å². The van der Waals surface area contributed by atoms with Crippen LogP contribution in [0.15, 0.2) is 9.98 Å². The first kappa shape index (κ1) is 14.7. The zero-order chi connectivity index (χ0) is 13.8. The van der Waals surface area contributed by atoms with Gasteiger partial charge < -0.3 is 14.8 Å². The summed E-state index contributed by atoms with van der Waals surface area (Å²) in [6, 6.07) is 0.0194. The molecule has 1 aliphatic rings. The molecule has 1 amide bonds. The van der Waals surface area contributed by atoms with Crippen molar-refractivity contribution < 1.29 is 14.3 Å². The Morgan fingerprint density at radius 1 is 1.63 bits per heavy atom. The standard InChI is InChI=1S/C12H17BrN2O3S/c1-7(2)18-12(16)15-8-3-4-9(17-6-8)11-14-5-10(13)19-11/h5,7-9H,3-4,6H2,1-2H3,(H,15,16). The van der Waals surface area contributed by atoms with Gasteiger partial charge in [-0.3, -0.25) is 0 Å². The third kappa shape index (κ3) is 4.43. The number of thiazole rings is 1. The quantitative estimate of drug-likeness (QED) is 0.910. The first-order valence-corrected chi connectivity index (χ1v) is 7.85. The summed E-state index contributed by atoms with van der Waals surface area (Å²) in [5, 5.41) is 3.80. The molecule has 0 aromatic carbocycles. The Labute approximate surface area is 124 Å². The van der Waals surface area contributed by atoms with Crippen LogP contribution in [0.5, 0.6) is 0 Å². The number of rotatable bonds is 3. The fourth-order valence-electron chi connectivity index (χ4n) is 1.89. The minimum absolute atomic E-state index is 0.0194. The van der Waals surface area contributed by atoms with E-state index in [4.69, 9.17) is 9.47 Å². The molecular formula is C12H17BrN2O3S. The molecule has 0 saturated carbocycles. The summed E-state index contributed by atoms with van der Waals surface area (Å²) in [6.45, 7) is 4.15. The SMILES string of the molecule is CC(C)OC(=O)NC1CCC(c2ncc(Br)s2)OC1. The summed E-state index contributed by atoms with van der Waals surface area (Å²) < 4.78 is 11.8. The molecule has 2 rings (SSSR count). The smallest absolute Gasteiger partial charge is 0.407 e. The number of aromatic nitrogens is 1. The molecule has 7 heteroatoms. The van der Waals surface area contributed by atoms with Gasteiger partial charge in [0.15, 0.2) is 0 Å². The largest absolute Gasteiger partial charge is 0.447 e. The summed E-state index contributed by atoms with van der Waals surface area (Å²) in [5.74, 6) is 0. The van der Waals surface area contributed by atoms with E-state index in [1.807, 2.05) is 13.8 Å². The van der Waals surface area contributed by atoms with E-state index < -0.39 is 0 Å². The molecule has 0 bridgehead atoms. The maximum atomic E-state index is 11.5. The van der Waals surface area contributed by atoms with Crippen LogP contribution in [0.4, 0.5) is 4.79 Å². The molecule has 2 unspecified atom stereocenters. The molecule has 0 aliphatic carbocycles. The predicted octanol–water partition coefficient (Wildman–Crippen LogP) is 3.26. The third-order valence-corrected chi connectivity index (χ3v) is 4.28. The lowest BCUT2D eigenvalue weighted by Crippen LogP contribution is -2.42. The second-order valence-electron chi connectivity index (χ2n) is 4.70. The Bertz CT molecular complexity index is 430. The highest BCUT2D eigenvalue weighted by atomic mass is 79.9. The minimum Gasteiger partial charge on any atom is -0.447 e. The predicted molar refractivity (Wildman–Crippen MR) is 76.3 cm³/mol. The molecular weight excluding hydrogens is 332 g/mol. The molecule has 1 aromatic heterocycles. The highest BCUT2D eigenvalue weighted by Gasteiger charge is 2.26. The van der Waals surface area contributed by atoms with E-state index in [1.54, 1.807) is 17.5 Å².